The number of benzene rings is 1. The molecule has 0 spiro atoms. The van der Waals surface area contributed by atoms with E-state index in [9.17, 15) is 9.59 Å². The average molecular weight is 305 g/mol. The van der Waals surface area contributed by atoms with Crippen molar-refractivity contribution in [2.24, 2.45) is 0 Å². The molecule has 0 aliphatic carbocycles. The van der Waals surface area contributed by atoms with E-state index >= 15 is 0 Å². The Kier molecular flexibility index (Phi) is 4.29. The predicted octanol–water partition coefficient (Wildman–Crippen LogP) is 3.30. The van der Waals surface area contributed by atoms with E-state index in [1.165, 1.54) is 4.90 Å². The smallest absolute Gasteiger partial charge is 0.413 e. The molecule has 1 aromatic carbocycles. The third-order valence-electron chi connectivity index (χ3n) is 3.46. The standard InChI is InChI=1S/C17H23NO4/c1-16(2,3)22-15(20)18-13(11-19)14(21-17(18,4)5)12-9-7-6-8-10-12/h6-11,13-14H,1-5H3/t13-,14-/m0/s1. The van der Waals surface area contributed by atoms with Crippen molar-refractivity contribution >= 4 is 12.4 Å². The number of carbonyl (C=O) groups excluding carboxylic acids is 2. The zero-order chi connectivity index (χ0) is 16.5. The number of aldehydes is 1. The van der Waals surface area contributed by atoms with Gasteiger partial charge in [0.2, 0.25) is 0 Å². The highest BCUT2D eigenvalue weighted by molar-refractivity contribution is 5.76. The van der Waals surface area contributed by atoms with Gasteiger partial charge in [-0.15, -0.1) is 0 Å². The van der Waals surface area contributed by atoms with E-state index in [4.69, 9.17) is 9.47 Å². The van der Waals surface area contributed by atoms with Gasteiger partial charge in [-0.1, -0.05) is 30.3 Å². The van der Waals surface area contributed by atoms with Gasteiger partial charge in [0.15, 0.2) is 0 Å². The van der Waals surface area contributed by atoms with Crippen molar-refractivity contribution in [1.82, 2.24) is 4.90 Å². The number of nitrogens with zero attached hydrogens (tertiary/aromatic N) is 1. The number of amides is 1. The van der Waals surface area contributed by atoms with Gasteiger partial charge < -0.3 is 14.3 Å². The second-order valence-corrected chi connectivity index (χ2v) is 6.87. The number of ether oxygens (including phenoxy) is 2. The molecule has 1 fully saturated rings. The second kappa shape index (κ2) is 5.72. The van der Waals surface area contributed by atoms with Crippen LogP contribution in [0.2, 0.25) is 0 Å². The summed E-state index contributed by atoms with van der Waals surface area (Å²) in [5.74, 6) is 0. The lowest BCUT2D eigenvalue weighted by Gasteiger charge is -2.33. The molecule has 0 unspecified atom stereocenters. The van der Waals surface area contributed by atoms with Crippen molar-refractivity contribution < 1.29 is 19.1 Å². The van der Waals surface area contributed by atoms with Crippen LogP contribution < -0.4 is 0 Å². The summed E-state index contributed by atoms with van der Waals surface area (Å²) in [7, 11) is 0. The minimum Gasteiger partial charge on any atom is -0.444 e. The van der Waals surface area contributed by atoms with Crippen molar-refractivity contribution in [2.45, 2.75) is 58.1 Å². The summed E-state index contributed by atoms with van der Waals surface area (Å²) in [4.78, 5) is 25.5. The van der Waals surface area contributed by atoms with Crippen LogP contribution in [0, 0.1) is 0 Å². The van der Waals surface area contributed by atoms with Gasteiger partial charge in [-0.25, -0.2) is 4.79 Å². The fourth-order valence-corrected chi connectivity index (χ4v) is 2.62. The first-order chi connectivity index (χ1) is 10.2. The molecule has 0 bridgehead atoms. The maximum absolute atomic E-state index is 12.5. The number of carbonyl (C=O) groups is 2. The molecule has 1 aliphatic rings. The SMILES string of the molecule is CC(C)(C)OC(=O)N1[C@@H](C=O)[C@H](c2ccccc2)OC1(C)C. The number of rotatable bonds is 2. The van der Waals surface area contributed by atoms with E-state index in [1.807, 2.05) is 30.3 Å². The van der Waals surface area contributed by atoms with Crippen LogP contribution in [0.1, 0.15) is 46.3 Å². The lowest BCUT2D eigenvalue weighted by atomic mass is 10.0. The van der Waals surface area contributed by atoms with Crippen LogP contribution in [0.5, 0.6) is 0 Å². The van der Waals surface area contributed by atoms with E-state index in [0.29, 0.717) is 0 Å². The summed E-state index contributed by atoms with van der Waals surface area (Å²) in [5.41, 5.74) is -0.696. The summed E-state index contributed by atoms with van der Waals surface area (Å²) in [6.45, 7) is 8.89. The zero-order valence-electron chi connectivity index (χ0n) is 13.7. The Morgan fingerprint density at radius 2 is 1.86 bits per heavy atom. The minimum atomic E-state index is -0.922. The Labute approximate surface area is 131 Å². The first-order valence-corrected chi connectivity index (χ1v) is 7.36. The molecular weight excluding hydrogens is 282 g/mol. The fourth-order valence-electron chi connectivity index (χ4n) is 2.62. The highest BCUT2D eigenvalue weighted by atomic mass is 16.6. The average Bonchev–Trinajstić information content (AvgIpc) is 2.68. The Bertz CT molecular complexity index is 548. The van der Waals surface area contributed by atoms with E-state index in [0.717, 1.165) is 11.8 Å². The zero-order valence-corrected chi connectivity index (χ0v) is 13.7. The molecule has 120 valence electrons. The monoisotopic (exact) mass is 305 g/mol. The molecule has 5 heteroatoms. The third kappa shape index (κ3) is 3.30. The van der Waals surface area contributed by atoms with E-state index in [1.54, 1.807) is 34.6 Å². The van der Waals surface area contributed by atoms with Crippen LogP contribution in [0.3, 0.4) is 0 Å². The number of hydrogen-bond acceptors (Lipinski definition) is 4. The first kappa shape index (κ1) is 16.5. The van der Waals surface area contributed by atoms with E-state index in [-0.39, 0.29) is 0 Å². The summed E-state index contributed by atoms with van der Waals surface area (Å²) in [6, 6.07) is 8.71. The molecule has 1 aromatic rings. The fraction of sp³-hybridized carbons (Fsp3) is 0.529. The van der Waals surface area contributed by atoms with Crippen LogP contribution in [-0.2, 0) is 14.3 Å². The van der Waals surface area contributed by atoms with Gasteiger partial charge in [-0.2, -0.15) is 0 Å². The molecular formula is C17H23NO4. The van der Waals surface area contributed by atoms with E-state index in [2.05, 4.69) is 0 Å². The first-order valence-electron chi connectivity index (χ1n) is 7.36. The Morgan fingerprint density at radius 1 is 1.27 bits per heavy atom. The Morgan fingerprint density at radius 3 is 2.36 bits per heavy atom. The normalized spacial score (nSPS) is 24.1. The van der Waals surface area contributed by atoms with Crippen LogP contribution in [0.25, 0.3) is 0 Å². The molecule has 22 heavy (non-hydrogen) atoms. The Balaban J connectivity index is 2.33. The molecule has 0 N–H and O–H groups in total. The van der Waals surface area contributed by atoms with Crippen molar-refractivity contribution in [1.29, 1.82) is 0 Å². The van der Waals surface area contributed by atoms with Gasteiger partial charge in [-0.3, -0.25) is 4.90 Å². The summed E-state index contributed by atoms with van der Waals surface area (Å²) in [5, 5.41) is 0. The number of hydrogen-bond donors (Lipinski definition) is 0. The van der Waals surface area contributed by atoms with Gasteiger partial charge in [-0.05, 0) is 40.2 Å². The minimum absolute atomic E-state index is 0.499. The molecule has 0 radical (unpaired) electrons. The predicted molar refractivity (Wildman–Crippen MR) is 82.3 cm³/mol. The molecule has 0 saturated carbocycles. The third-order valence-corrected chi connectivity index (χ3v) is 3.46. The summed E-state index contributed by atoms with van der Waals surface area (Å²) in [6.07, 6.45) is -0.301. The quantitative estimate of drug-likeness (QED) is 0.787. The topological polar surface area (TPSA) is 55.8 Å². The van der Waals surface area contributed by atoms with Crippen molar-refractivity contribution in [3.8, 4) is 0 Å². The van der Waals surface area contributed by atoms with Crippen molar-refractivity contribution in [3.05, 3.63) is 35.9 Å². The highest BCUT2D eigenvalue weighted by Crippen LogP contribution is 2.40. The maximum atomic E-state index is 12.5. The van der Waals surface area contributed by atoms with Gasteiger partial charge in [0, 0.05) is 0 Å². The van der Waals surface area contributed by atoms with Crippen molar-refractivity contribution in [3.63, 3.8) is 0 Å². The largest absolute Gasteiger partial charge is 0.444 e. The van der Waals surface area contributed by atoms with Gasteiger partial charge >= 0.3 is 6.09 Å². The van der Waals surface area contributed by atoms with Crippen molar-refractivity contribution in [2.75, 3.05) is 0 Å². The molecule has 5 nitrogen and oxygen atoms in total. The molecule has 1 aliphatic heterocycles. The summed E-state index contributed by atoms with van der Waals surface area (Å²) >= 11 is 0. The lowest BCUT2D eigenvalue weighted by molar-refractivity contribution is -0.113. The van der Waals surface area contributed by atoms with E-state index < -0.39 is 29.6 Å². The Hall–Kier alpha value is -1.88. The van der Waals surface area contributed by atoms with Crippen LogP contribution in [-0.4, -0.2) is 34.6 Å². The highest BCUT2D eigenvalue weighted by Gasteiger charge is 2.51. The lowest BCUT2D eigenvalue weighted by Crippen LogP contribution is -2.50. The second-order valence-electron chi connectivity index (χ2n) is 6.87. The molecule has 1 heterocycles. The van der Waals surface area contributed by atoms with Crippen LogP contribution in [0.4, 0.5) is 4.79 Å². The molecule has 1 amide bonds. The van der Waals surface area contributed by atoms with Gasteiger partial charge in [0.1, 0.15) is 29.8 Å². The molecule has 0 aromatic heterocycles. The maximum Gasteiger partial charge on any atom is 0.413 e. The molecule has 2 atom stereocenters. The molecule has 2 rings (SSSR count). The molecule has 1 saturated heterocycles. The summed E-state index contributed by atoms with van der Waals surface area (Å²) < 4.78 is 11.4. The van der Waals surface area contributed by atoms with Crippen LogP contribution >= 0.6 is 0 Å². The van der Waals surface area contributed by atoms with Crippen LogP contribution in [0.15, 0.2) is 30.3 Å². The van der Waals surface area contributed by atoms with Gasteiger partial charge in [0.25, 0.3) is 0 Å². The van der Waals surface area contributed by atoms with Gasteiger partial charge in [0.05, 0.1) is 0 Å².